The fourth-order valence-corrected chi connectivity index (χ4v) is 4.25. The maximum Gasteiger partial charge on any atom is 0.232 e. The molecule has 1 aliphatic heterocycles. The van der Waals surface area contributed by atoms with Crippen LogP contribution in [-0.4, -0.2) is 18.4 Å². The predicted molar refractivity (Wildman–Crippen MR) is 130 cm³/mol. The summed E-state index contributed by atoms with van der Waals surface area (Å²) in [6, 6.07) is 30.4. The summed E-state index contributed by atoms with van der Waals surface area (Å²) in [5.74, 6) is -0.412. The van der Waals surface area contributed by atoms with Gasteiger partial charge in [-0.15, -0.1) is 0 Å². The molecule has 0 aliphatic carbocycles. The Kier molecular flexibility index (Phi) is 5.67. The molecule has 1 N–H and O–H groups in total. The number of para-hydroxylation sites is 1. The fourth-order valence-electron chi connectivity index (χ4n) is 4.25. The third-order valence-electron chi connectivity index (χ3n) is 5.92. The van der Waals surface area contributed by atoms with Crippen molar-refractivity contribution in [3.05, 3.63) is 96.6 Å². The molecule has 0 saturated carbocycles. The average Bonchev–Trinajstić information content (AvgIpc) is 3.46. The molecule has 1 aliphatic rings. The molecule has 3 aromatic carbocycles. The van der Waals surface area contributed by atoms with Crippen LogP contribution in [0.5, 0.6) is 0 Å². The molecule has 1 fully saturated rings. The van der Waals surface area contributed by atoms with Crippen molar-refractivity contribution in [3.63, 3.8) is 0 Å². The van der Waals surface area contributed by atoms with E-state index >= 15 is 0 Å². The van der Waals surface area contributed by atoms with Gasteiger partial charge in [-0.1, -0.05) is 78.9 Å². The number of hydrogen-bond donors (Lipinski definition) is 1. The van der Waals surface area contributed by atoms with E-state index in [9.17, 15) is 14.9 Å². The average molecular weight is 447 g/mol. The molecule has 1 aromatic heterocycles. The van der Waals surface area contributed by atoms with Crippen molar-refractivity contribution in [3.8, 4) is 28.5 Å². The van der Waals surface area contributed by atoms with Crippen LogP contribution < -0.4 is 10.2 Å². The van der Waals surface area contributed by atoms with Gasteiger partial charge >= 0.3 is 0 Å². The van der Waals surface area contributed by atoms with Crippen molar-refractivity contribution in [2.75, 3.05) is 16.8 Å². The first-order valence-corrected chi connectivity index (χ1v) is 11.0. The number of carbonyl (C=O) groups is 2. The Morgan fingerprint density at radius 2 is 1.50 bits per heavy atom. The lowest BCUT2D eigenvalue weighted by Crippen LogP contribution is -2.28. The Labute approximate surface area is 197 Å². The highest BCUT2D eigenvalue weighted by Gasteiger charge is 2.36. The van der Waals surface area contributed by atoms with Gasteiger partial charge in [-0.3, -0.25) is 14.9 Å². The van der Waals surface area contributed by atoms with Crippen LogP contribution >= 0.6 is 0 Å². The summed E-state index contributed by atoms with van der Waals surface area (Å²) in [5, 5.41) is 12.8. The van der Waals surface area contributed by atoms with Gasteiger partial charge in [0, 0.05) is 29.8 Å². The minimum absolute atomic E-state index is 0.0933. The highest BCUT2D eigenvalue weighted by Crippen LogP contribution is 2.41. The zero-order chi connectivity index (χ0) is 23.5. The second-order valence-electron chi connectivity index (χ2n) is 8.08. The molecule has 0 radical (unpaired) electrons. The lowest BCUT2D eigenvalue weighted by Gasteiger charge is -2.16. The fraction of sp³-hybridized carbons (Fsp3) is 0.107. The minimum Gasteiger partial charge on any atom is -0.438 e. The Morgan fingerprint density at radius 1 is 0.912 bits per heavy atom. The molecule has 4 aromatic rings. The van der Waals surface area contributed by atoms with Gasteiger partial charge in [0.25, 0.3) is 0 Å². The van der Waals surface area contributed by atoms with E-state index in [1.807, 2.05) is 91.0 Å². The lowest BCUT2D eigenvalue weighted by molar-refractivity contribution is -0.122. The molecule has 0 spiro atoms. The van der Waals surface area contributed by atoms with Crippen LogP contribution in [0, 0.1) is 17.2 Å². The van der Waals surface area contributed by atoms with E-state index in [-0.39, 0.29) is 36.2 Å². The van der Waals surface area contributed by atoms with Gasteiger partial charge in [0.2, 0.25) is 17.7 Å². The van der Waals surface area contributed by atoms with Crippen molar-refractivity contribution in [2.24, 2.45) is 5.92 Å². The number of benzene rings is 3. The summed E-state index contributed by atoms with van der Waals surface area (Å²) in [5.41, 5.74) is 3.25. The van der Waals surface area contributed by atoms with Crippen molar-refractivity contribution in [1.82, 2.24) is 0 Å². The highest BCUT2D eigenvalue weighted by molar-refractivity contribution is 6.04. The highest BCUT2D eigenvalue weighted by atomic mass is 16.4. The number of anilines is 2. The van der Waals surface area contributed by atoms with Crippen LogP contribution in [-0.2, 0) is 9.59 Å². The van der Waals surface area contributed by atoms with Crippen LogP contribution in [0.1, 0.15) is 12.0 Å². The van der Waals surface area contributed by atoms with Gasteiger partial charge in [0.1, 0.15) is 17.4 Å². The molecule has 34 heavy (non-hydrogen) atoms. The molecule has 1 unspecified atom stereocenters. The van der Waals surface area contributed by atoms with Gasteiger partial charge < -0.3 is 9.32 Å². The van der Waals surface area contributed by atoms with Crippen molar-refractivity contribution < 1.29 is 14.0 Å². The van der Waals surface area contributed by atoms with Crippen LogP contribution in [0.25, 0.3) is 22.5 Å². The zero-order valence-electron chi connectivity index (χ0n) is 18.3. The van der Waals surface area contributed by atoms with E-state index in [1.54, 1.807) is 4.90 Å². The van der Waals surface area contributed by atoms with Crippen LogP contribution in [0.15, 0.2) is 95.4 Å². The number of furan rings is 1. The van der Waals surface area contributed by atoms with E-state index in [0.717, 1.165) is 16.8 Å². The molecular weight excluding hydrogens is 426 g/mol. The number of nitrogens with one attached hydrogen (secondary N) is 1. The van der Waals surface area contributed by atoms with Crippen molar-refractivity contribution in [2.45, 2.75) is 6.42 Å². The summed E-state index contributed by atoms with van der Waals surface area (Å²) in [6.07, 6.45) is 0.0976. The molecule has 166 valence electrons. The second kappa shape index (κ2) is 9.08. The monoisotopic (exact) mass is 447 g/mol. The predicted octanol–water partition coefficient (Wildman–Crippen LogP) is 5.48. The van der Waals surface area contributed by atoms with Crippen LogP contribution in [0.4, 0.5) is 11.6 Å². The quantitative estimate of drug-likeness (QED) is 0.439. The molecule has 6 nitrogen and oxygen atoms in total. The number of hydrogen-bond acceptors (Lipinski definition) is 4. The normalized spacial score (nSPS) is 15.2. The largest absolute Gasteiger partial charge is 0.438 e. The summed E-state index contributed by atoms with van der Waals surface area (Å²) in [7, 11) is 0. The Hall–Kier alpha value is -4.63. The van der Waals surface area contributed by atoms with Gasteiger partial charge in [-0.2, -0.15) is 5.26 Å². The first-order chi connectivity index (χ1) is 16.7. The number of amides is 2. The molecule has 0 bridgehead atoms. The third-order valence-corrected chi connectivity index (χ3v) is 5.92. The number of carbonyl (C=O) groups excluding carboxylic acids is 2. The Morgan fingerprint density at radius 3 is 2.12 bits per heavy atom. The lowest BCUT2D eigenvalue weighted by atomic mass is 9.98. The minimum atomic E-state index is -0.551. The standard InChI is InChI=1S/C28H21N3O3/c29-17-23-25(19-10-4-1-5-11-19)26(20-12-6-2-7-13-20)34-28(23)30-27(33)21-16-24(32)31(18-21)22-14-8-3-9-15-22/h1-15,21H,16,18H2,(H,30,33). The van der Waals surface area contributed by atoms with Gasteiger partial charge in [-0.25, -0.2) is 0 Å². The summed E-state index contributed by atoms with van der Waals surface area (Å²) >= 11 is 0. The van der Waals surface area contributed by atoms with E-state index in [4.69, 9.17) is 4.42 Å². The van der Waals surface area contributed by atoms with Crippen LogP contribution in [0.3, 0.4) is 0 Å². The van der Waals surface area contributed by atoms with Gasteiger partial charge in [-0.05, 0) is 17.7 Å². The number of nitriles is 1. The zero-order valence-corrected chi connectivity index (χ0v) is 18.3. The smallest absolute Gasteiger partial charge is 0.232 e. The molecule has 5 rings (SSSR count). The van der Waals surface area contributed by atoms with Gasteiger partial charge in [0.05, 0.1) is 5.92 Å². The van der Waals surface area contributed by atoms with E-state index < -0.39 is 5.92 Å². The van der Waals surface area contributed by atoms with Crippen molar-refractivity contribution in [1.29, 1.82) is 5.26 Å². The maximum absolute atomic E-state index is 13.1. The Balaban J connectivity index is 1.48. The molecule has 2 heterocycles. The van der Waals surface area contributed by atoms with E-state index in [2.05, 4.69) is 11.4 Å². The first-order valence-electron chi connectivity index (χ1n) is 11.0. The summed E-state index contributed by atoms with van der Waals surface area (Å²) < 4.78 is 6.09. The number of rotatable bonds is 5. The molecule has 1 atom stereocenters. The van der Waals surface area contributed by atoms with E-state index in [1.165, 1.54) is 0 Å². The molecule has 1 saturated heterocycles. The van der Waals surface area contributed by atoms with Crippen molar-refractivity contribution >= 4 is 23.4 Å². The first kappa shape index (κ1) is 21.2. The summed E-state index contributed by atoms with van der Waals surface area (Å²) in [6.45, 7) is 0.272. The summed E-state index contributed by atoms with van der Waals surface area (Å²) in [4.78, 5) is 27.3. The van der Waals surface area contributed by atoms with E-state index in [0.29, 0.717) is 11.3 Å². The maximum atomic E-state index is 13.1. The molecule has 6 heteroatoms. The van der Waals surface area contributed by atoms with Crippen LogP contribution in [0.2, 0.25) is 0 Å². The third kappa shape index (κ3) is 3.96. The van der Waals surface area contributed by atoms with Gasteiger partial charge in [0.15, 0.2) is 0 Å². The second-order valence-corrected chi connectivity index (χ2v) is 8.08. The Bertz CT molecular complexity index is 1370. The molecule has 2 amide bonds. The topological polar surface area (TPSA) is 86.3 Å². The SMILES string of the molecule is N#Cc1c(NC(=O)C2CC(=O)N(c3ccccc3)C2)oc(-c2ccccc2)c1-c1ccccc1. The molecular formula is C28H21N3O3. The number of nitrogens with zero attached hydrogens (tertiary/aromatic N) is 2.